The predicted molar refractivity (Wildman–Crippen MR) is 63.2 cm³/mol. The van der Waals surface area contributed by atoms with Crippen LogP contribution in [0.4, 0.5) is 13.2 Å². The van der Waals surface area contributed by atoms with Crippen LogP contribution in [0.25, 0.3) is 0 Å². The van der Waals surface area contributed by atoms with Gasteiger partial charge in [0.25, 0.3) is 0 Å². The zero-order valence-corrected chi connectivity index (χ0v) is 11.0. The highest BCUT2D eigenvalue weighted by Gasteiger charge is 2.35. The highest BCUT2D eigenvalue weighted by molar-refractivity contribution is 7.11. The van der Waals surface area contributed by atoms with E-state index in [-0.39, 0.29) is 11.8 Å². The molecule has 0 aromatic carbocycles. The molecule has 0 amide bonds. The summed E-state index contributed by atoms with van der Waals surface area (Å²) in [6.07, 6.45) is -2.98. The van der Waals surface area contributed by atoms with Gasteiger partial charge in [-0.25, -0.2) is 4.98 Å². The summed E-state index contributed by atoms with van der Waals surface area (Å²) in [5, 5.41) is 2.44. The van der Waals surface area contributed by atoms with Crippen molar-refractivity contribution in [3.8, 4) is 0 Å². The number of thiazole rings is 1. The summed E-state index contributed by atoms with van der Waals surface area (Å²) in [6, 6.07) is 0. The van der Waals surface area contributed by atoms with Crippen molar-refractivity contribution in [2.24, 2.45) is 5.92 Å². The molecule has 0 saturated heterocycles. The molecule has 1 aromatic rings. The minimum Gasteiger partial charge on any atom is -0.317 e. The van der Waals surface area contributed by atoms with Gasteiger partial charge in [-0.15, -0.1) is 11.3 Å². The van der Waals surface area contributed by atoms with Gasteiger partial charge in [-0.3, -0.25) is 0 Å². The van der Waals surface area contributed by atoms with E-state index in [9.17, 15) is 13.2 Å². The van der Waals surface area contributed by atoms with Gasteiger partial charge in [0.2, 0.25) is 0 Å². The van der Waals surface area contributed by atoms with E-state index in [0.29, 0.717) is 4.88 Å². The van der Waals surface area contributed by atoms with Crippen LogP contribution in [-0.2, 0) is 6.18 Å². The van der Waals surface area contributed by atoms with Crippen molar-refractivity contribution in [2.75, 3.05) is 13.1 Å². The van der Waals surface area contributed by atoms with Crippen molar-refractivity contribution in [1.82, 2.24) is 10.3 Å². The van der Waals surface area contributed by atoms with E-state index in [0.717, 1.165) is 24.4 Å². The number of aromatic nitrogens is 1. The maximum Gasteiger partial charge on any atom is 0.443 e. The fourth-order valence-electron chi connectivity index (χ4n) is 1.46. The molecule has 0 aliphatic carbocycles. The largest absolute Gasteiger partial charge is 0.443 e. The minimum atomic E-state index is -4.33. The van der Waals surface area contributed by atoms with Gasteiger partial charge < -0.3 is 5.32 Å². The molecule has 1 heterocycles. The van der Waals surface area contributed by atoms with Gasteiger partial charge in [0, 0.05) is 11.1 Å². The molecule has 0 spiro atoms. The Labute approximate surface area is 103 Å². The standard InChI is InChI=1S/C11H17F3N2S/c1-4-15-5-7(2)8(3)9-6-16-10(17-9)11(12,13)14/h6-8,15H,4-5H2,1-3H3. The molecule has 1 rings (SSSR count). The Morgan fingerprint density at radius 3 is 2.53 bits per heavy atom. The smallest absolute Gasteiger partial charge is 0.317 e. The Kier molecular flexibility index (Phi) is 4.94. The number of nitrogens with zero attached hydrogens (tertiary/aromatic N) is 1. The molecule has 0 aliphatic rings. The highest BCUT2D eigenvalue weighted by Crippen LogP contribution is 2.36. The van der Waals surface area contributed by atoms with Crippen molar-refractivity contribution in [1.29, 1.82) is 0 Å². The summed E-state index contributed by atoms with van der Waals surface area (Å²) in [7, 11) is 0. The Morgan fingerprint density at radius 1 is 1.41 bits per heavy atom. The molecule has 17 heavy (non-hydrogen) atoms. The molecule has 1 N–H and O–H groups in total. The van der Waals surface area contributed by atoms with Crippen LogP contribution in [0.3, 0.4) is 0 Å². The molecule has 0 radical (unpaired) electrons. The third-order valence-corrected chi connectivity index (χ3v) is 4.03. The Morgan fingerprint density at radius 2 is 2.06 bits per heavy atom. The van der Waals surface area contributed by atoms with E-state index in [1.807, 2.05) is 20.8 Å². The summed E-state index contributed by atoms with van der Waals surface area (Å²) in [5.41, 5.74) is 0. The predicted octanol–water partition coefficient (Wildman–Crippen LogP) is 3.51. The van der Waals surface area contributed by atoms with Gasteiger partial charge in [0.05, 0.1) is 0 Å². The van der Waals surface area contributed by atoms with Gasteiger partial charge in [-0.1, -0.05) is 20.8 Å². The van der Waals surface area contributed by atoms with E-state index in [1.54, 1.807) is 0 Å². The molecule has 2 atom stereocenters. The van der Waals surface area contributed by atoms with Crippen molar-refractivity contribution in [2.45, 2.75) is 32.9 Å². The van der Waals surface area contributed by atoms with Crippen LogP contribution in [0.1, 0.15) is 36.6 Å². The van der Waals surface area contributed by atoms with Crippen molar-refractivity contribution in [3.63, 3.8) is 0 Å². The molecular formula is C11H17F3N2S. The summed E-state index contributed by atoms with van der Waals surface area (Å²) >= 11 is 0.746. The minimum absolute atomic E-state index is 0.0858. The van der Waals surface area contributed by atoms with Gasteiger partial charge >= 0.3 is 6.18 Å². The van der Waals surface area contributed by atoms with Crippen LogP contribution in [0.15, 0.2) is 6.20 Å². The molecule has 0 aliphatic heterocycles. The lowest BCUT2D eigenvalue weighted by molar-refractivity contribution is -0.137. The van der Waals surface area contributed by atoms with Gasteiger partial charge in [-0.2, -0.15) is 13.2 Å². The second-order valence-electron chi connectivity index (χ2n) is 4.14. The second kappa shape index (κ2) is 5.82. The third kappa shape index (κ3) is 3.96. The summed E-state index contributed by atoms with van der Waals surface area (Å²) in [4.78, 5) is 4.14. The SMILES string of the molecule is CCNCC(C)C(C)c1cnc(C(F)(F)F)s1. The second-order valence-corrected chi connectivity index (χ2v) is 5.20. The fraction of sp³-hybridized carbons (Fsp3) is 0.727. The number of hydrogen-bond acceptors (Lipinski definition) is 3. The zero-order chi connectivity index (χ0) is 13.1. The highest BCUT2D eigenvalue weighted by atomic mass is 32.1. The van der Waals surface area contributed by atoms with E-state index in [1.165, 1.54) is 6.20 Å². The van der Waals surface area contributed by atoms with E-state index in [2.05, 4.69) is 10.3 Å². The van der Waals surface area contributed by atoms with Crippen molar-refractivity contribution < 1.29 is 13.2 Å². The molecule has 2 unspecified atom stereocenters. The molecule has 0 saturated carbocycles. The Balaban J connectivity index is 2.69. The first-order chi connectivity index (χ1) is 7.86. The first kappa shape index (κ1) is 14.4. The Bertz CT molecular complexity index is 349. The third-order valence-electron chi connectivity index (χ3n) is 2.78. The van der Waals surface area contributed by atoms with Gasteiger partial charge in [-0.05, 0) is 24.9 Å². The lowest BCUT2D eigenvalue weighted by atomic mass is 9.95. The van der Waals surface area contributed by atoms with Crippen LogP contribution in [0, 0.1) is 5.92 Å². The molecule has 1 aromatic heterocycles. The average Bonchev–Trinajstić information content (AvgIpc) is 2.73. The van der Waals surface area contributed by atoms with Crippen molar-refractivity contribution in [3.05, 3.63) is 16.1 Å². The summed E-state index contributed by atoms with van der Waals surface area (Å²) < 4.78 is 37.2. The maximum atomic E-state index is 12.4. The van der Waals surface area contributed by atoms with Gasteiger partial charge in [0.1, 0.15) is 0 Å². The first-order valence-electron chi connectivity index (χ1n) is 5.59. The monoisotopic (exact) mass is 266 g/mol. The number of nitrogens with one attached hydrogen (secondary N) is 1. The van der Waals surface area contributed by atoms with Crippen LogP contribution in [-0.4, -0.2) is 18.1 Å². The Hall–Kier alpha value is -0.620. The quantitative estimate of drug-likeness (QED) is 0.882. The molecular weight excluding hydrogens is 249 g/mol. The van der Waals surface area contributed by atoms with Crippen LogP contribution >= 0.6 is 11.3 Å². The average molecular weight is 266 g/mol. The van der Waals surface area contributed by atoms with Crippen molar-refractivity contribution >= 4 is 11.3 Å². The normalized spacial score (nSPS) is 15.9. The first-order valence-corrected chi connectivity index (χ1v) is 6.41. The van der Waals surface area contributed by atoms with E-state index in [4.69, 9.17) is 0 Å². The van der Waals surface area contributed by atoms with E-state index < -0.39 is 11.2 Å². The molecule has 0 bridgehead atoms. The molecule has 2 nitrogen and oxygen atoms in total. The number of alkyl halides is 3. The lowest BCUT2D eigenvalue weighted by Crippen LogP contribution is -2.23. The fourth-order valence-corrected chi connectivity index (χ4v) is 2.43. The van der Waals surface area contributed by atoms with Crippen LogP contribution in [0.5, 0.6) is 0 Å². The van der Waals surface area contributed by atoms with Crippen LogP contribution in [0.2, 0.25) is 0 Å². The number of halogens is 3. The van der Waals surface area contributed by atoms with E-state index >= 15 is 0 Å². The topological polar surface area (TPSA) is 24.9 Å². The molecule has 98 valence electrons. The molecule has 6 heteroatoms. The summed E-state index contributed by atoms with van der Waals surface area (Å²) in [5.74, 6) is 0.374. The van der Waals surface area contributed by atoms with Crippen LogP contribution < -0.4 is 5.32 Å². The molecule has 0 fully saturated rings. The van der Waals surface area contributed by atoms with Gasteiger partial charge in [0.15, 0.2) is 5.01 Å². The zero-order valence-electron chi connectivity index (χ0n) is 10.1. The lowest BCUT2D eigenvalue weighted by Gasteiger charge is -2.18. The summed E-state index contributed by atoms with van der Waals surface area (Å²) in [6.45, 7) is 7.65. The maximum absolute atomic E-state index is 12.4. The number of rotatable bonds is 5. The number of hydrogen-bond donors (Lipinski definition) is 1.